The van der Waals surface area contributed by atoms with E-state index in [9.17, 15) is 12.8 Å². The molecule has 7 nitrogen and oxygen atoms in total. The van der Waals surface area contributed by atoms with Crippen LogP contribution in [-0.2, 0) is 10.2 Å². The molecule has 0 saturated carbocycles. The largest absolute Gasteiger partial charge is 0.494 e. The van der Waals surface area contributed by atoms with Crippen molar-refractivity contribution in [3.63, 3.8) is 0 Å². The number of hydrogen-bond donors (Lipinski definition) is 0. The van der Waals surface area contributed by atoms with E-state index in [4.69, 9.17) is 4.74 Å². The van der Waals surface area contributed by atoms with Gasteiger partial charge in [0.2, 0.25) is 0 Å². The van der Waals surface area contributed by atoms with Gasteiger partial charge in [-0.1, -0.05) is 0 Å². The van der Waals surface area contributed by atoms with Crippen molar-refractivity contribution in [1.29, 1.82) is 0 Å². The third-order valence-electron chi connectivity index (χ3n) is 4.08. The van der Waals surface area contributed by atoms with Crippen LogP contribution < -0.4 is 9.64 Å². The summed E-state index contributed by atoms with van der Waals surface area (Å²) in [4.78, 5) is 5.96. The molecule has 2 aromatic rings. The van der Waals surface area contributed by atoms with Crippen molar-refractivity contribution in [3.8, 4) is 5.75 Å². The molecule has 0 spiro atoms. The quantitative estimate of drug-likeness (QED) is 0.827. The lowest BCUT2D eigenvalue weighted by Crippen LogP contribution is -2.50. The minimum atomic E-state index is -3.61. The molecule has 1 saturated heterocycles. The van der Waals surface area contributed by atoms with Crippen LogP contribution in [0.4, 0.5) is 10.1 Å². The molecule has 1 aromatic carbocycles. The SMILES string of the molecule is COc1cc(F)ccc1N1CCN(S(=O)(=O)n2ccnc2C)CC1. The summed E-state index contributed by atoms with van der Waals surface area (Å²) in [5, 5.41) is 0. The number of benzene rings is 1. The van der Waals surface area contributed by atoms with Crippen molar-refractivity contribution in [2.45, 2.75) is 6.92 Å². The van der Waals surface area contributed by atoms with E-state index in [1.54, 1.807) is 13.0 Å². The number of nitrogens with zero attached hydrogens (tertiary/aromatic N) is 4. The first-order valence-electron chi connectivity index (χ1n) is 7.52. The van der Waals surface area contributed by atoms with E-state index in [-0.39, 0.29) is 5.82 Å². The van der Waals surface area contributed by atoms with E-state index in [0.29, 0.717) is 37.8 Å². The second kappa shape index (κ2) is 6.40. The molecular weight excluding hydrogens is 335 g/mol. The summed E-state index contributed by atoms with van der Waals surface area (Å²) >= 11 is 0. The Morgan fingerprint density at radius 1 is 1.21 bits per heavy atom. The fraction of sp³-hybridized carbons (Fsp3) is 0.400. The van der Waals surface area contributed by atoms with Crippen molar-refractivity contribution >= 4 is 15.9 Å². The molecule has 1 fully saturated rings. The smallest absolute Gasteiger partial charge is 0.309 e. The third-order valence-corrected chi connectivity index (χ3v) is 5.98. The summed E-state index contributed by atoms with van der Waals surface area (Å²) in [7, 11) is -2.12. The molecule has 0 amide bonds. The van der Waals surface area contributed by atoms with Gasteiger partial charge >= 0.3 is 10.2 Å². The minimum absolute atomic E-state index is 0.334. The van der Waals surface area contributed by atoms with Gasteiger partial charge in [0.05, 0.1) is 12.8 Å². The number of methoxy groups -OCH3 is 1. The zero-order valence-electron chi connectivity index (χ0n) is 13.5. The van der Waals surface area contributed by atoms with Crippen LogP contribution in [0.25, 0.3) is 0 Å². The predicted molar refractivity (Wildman–Crippen MR) is 88.0 cm³/mol. The Kier molecular flexibility index (Phi) is 4.46. The number of halogens is 1. The summed E-state index contributed by atoms with van der Waals surface area (Å²) in [6.07, 6.45) is 2.91. The van der Waals surface area contributed by atoms with Gasteiger partial charge in [0.1, 0.15) is 17.4 Å². The average molecular weight is 354 g/mol. The van der Waals surface area contributed by atoms with Crippen molar-refractivity contribution in [1.82, 2.24) is 13.3 Å². The molecule has 130 valence electrons. The highest BCUT2D eigenvalue weighted by Crippen LogP contribution is 2.30. The normalized spacial score (nSPS) is 16.4. The number of rotatable bonds is 4. The van der Waals surface area contributed by atoms with Crippen LogP contribution >= 0.6 is 0 Å². The Balaban J connectivity index is 1.76. The summed E-state index contributed by atoms with van der Waals surface area (Å²) < 4.78 is 46.4. The molecule has 24 heavy (non-hydrogen) atoms. The fourth-order valence-corrected chi connectivity index (χ4v) is 4.27. The molecule has 1 aromatic heterocycles. The summed E-state index contributed by atoms with van der Waals surface area (Å²) in [5.74, 6) is 0.502. The maximum atomic E-state index is 13.3. The van der Waals surface area contributed by atoms with E-state index in [2.05, 4.69) is 4.98 Å². The first-order chi connectivity index (χ1) is 11.4. The molecule has 0 aliphatic carbocycles. The monoisotopic (exact) mass is 354 g/mol. The van der Waals surface area contributed by atoms with Crippen molar-refractivity contribution in [2.24, 2.45) is 0 Å². The molecule has 1 aliphatic rings. The highest BCUT2D eigenvalue weighted by atomic mass is 32.2. The predicted octanol–water partition coefficient (Wildman–Crippen LogP) is 1.25. The number of aromatic nitrogens is 2. The number of hydrogen-bond acceptors (Lipinski definition) is 5. The Hall–Kier alpha value is -2.13. The van der Waals surface area contributed by atoms with Crippen LogP contribution in [0.5, 0.6) is 5.75 Å². The van der Waals surface area contributed by atoms with Crippen molar-refractivity contribution in [2.75, 3.05) is 38.2 Å². The van der Waals surface area contributed by atoms with E-state index < -0.39 is 10.2 Å². The first kappa shape index (κ1) is 16.7. The topological polar surface area (TPSA) is 67.7 Å². The van der Waals surface area contributed by atoms with Gasteiger partial charge in [-0.25, -0.2) is 13.3 Å². The highest BCUT2D eigenvalue weighted by Gasteiger charge is 2.30. The number of aryl methyl sites for hydroxylation is 1. The maximum absolute atomic E-state index is 13.3. The zero-order valence-corrected chi connectivity index (χ0v) is 14.3. The van der Waals surface area contributed by atoms with Crippen LogP contribution in [0.15, 0.2) is 30.6 Å². The van der Waals surface area contributed by atoms with E-state index in [0.717, 1.165) is 5.69 Å². The minimum Gasteiger partial charge on any atom is -0.494 e. The zero-order chi connectivity index (χ0) is 17.3. The molecule has 3 rings (SSSR count). The molecule has 0 bridgehead atoms. The second-order valence-corrected chi connectivity index (χ2v) is 7.29. The Labute approximate surface area is 140 Å². The summed E-state index contributed by atoms with van der Waals surface area (Å²) in [6.45, 7) is 3.31. The first-order valence-corrected chi connectivity index (χ1v) is 8.92. The summed E-state index contributed by atoms with van der Waals surface area (Å²) in [6, 6.07) is 4.35. The van der Waals surface area contributed by atoms with Gasteiger partial charge in [-0.3, -0.25) is 0 Å². The van der Waals surface area contributed by atoms with Gasteiger partial charge in [0.25, 0.3) is 0 Å². The standard InChI is InChI=1S/C15H19FN4O3S/c1-12-17-5-6-20(12)24(21,22)19-9-7-18(8-10-19)14-4-3-13(16)11-15(14)23-2/h3-6,11H,7-10H2,1-2H3. The van der Waals surface area contributed by atoms with E-state index in [1.807, 2.05) is 4.90 Å². The van der Waals surface area contributed by atoms with Crippen molar-refractivity contribution in [3.05, 3.63) is 42.2 Å². The lowest BCUT2D eigenvalue weighted by molar-refractivity contribution is 0.373. The number of anilines is 1. The Bertz CT molecular complexity index is 829. The average Bonchev–Trinajstić information content (AvgIpc) is 3.01. The fourth-order valence-electron chi connectivity index (χ4n) is 2.81. The van der Waals surface area contributed by atoms with Crippen LogP contribution in [-0.4, -0.2) is 55.0 Å². The second-order valence-electron chi connectivity index (χ2n) is 5.48. The Morgan fingerprint density at radius 3 is 2.50 bits per heavy atom. The van der Waals surface area contributed by atoms with Crippen LogP contribution in [0.1, 0.15) is 5.82 Å². The molecule has 0 atom stereocenters. The molecule has 0 unspecified atom stereocenters. The van der Waals surface area contributed by atoms with Crippen LogP contribution in [0.3, 0.4) is 0 Å². The molecule has 1 aliphatic heterocycles. The van der Waals surface area contributed by atoms with Gasteiger partial charge in [-0.15, -0.1) is 0 Å². The lowest BCUT2D eigenvalue weighted by Gasteiger charge is -2.35. The lowest BCUT2D eigenvalue weighted by atomic mass is 10.2. The van der Waals surface area contributed by atoms with Gasteiger partial charge < -0.3 is 9.64 Å². The summed E-state index contributed by atoms with van der Waals surface area (Å²) in [5.41, 5.74) is 0.759. The van der Waals surface area contributed by atoms with Crippen LogP contribution in [0, 0.1) is 12.7 Å². The molecule has 9 heteroatoms. The number of piperazine rings is 1. The molecule has 2 heterocycles. The Morgan fingerprint density at radius 2 is 1.92 bits per heavy atom. The molecule has 0 N–H and O–H groups in total. The van der Waals surface area contributed by atoms with E-state index in [1.165, 1.54) is 39.9 Å². The third kappa shape index (κ3) is 2.96. The van der Waals surface area contributed by atoms with E-state index >= 15 is 0 Å². The number of ether oxygens (including phenoxy) is 1. The van der Waals surface area contributed by atoms with Gasteiger partial charge in [-0.05, 0) is 19.1 Å². The van der Waals surface area contributed by atoms with Crippen molar-refractivity contribution < 1.29 is 17.5 Å². The van der Waals surface area contributed by atoms with Gasteiger partial charge in [-0.2, -0.15) is 12.7 Å². The molecule has 0 radical (unpaired) electrons. The highest BCUT2D eigenvalue weighted by molar-refractivity contribution is 7.87. The molecular formula is C15H19FN4O3S. The van der Waals surface area contributed by atoms with Crippen LogP contribution in [0.2, 0.25) is 0 Å². The van der Waals surface area contributed by atoms with Gasteiger partial charge in [0, 0.05) is 44.6 Å². The maximum Gasteiger partial charge on any atom is 0.309 e. The van der Waals surface area contributed by atoms with Gasteiger partial charge in [0.15, 0.2) is 0 Å². The number of imidazole rings is 1.